The Morgan fingerprint density at radius 1 is 1.62 bits per heavy atom. The van der Waals surface area contributed by atoms with Crippen LogP contribution in [-0.2, 0) is 4.79 Å². The van der Waals surface area contributed by atoms with Gasteiger partial charge in [0.05, 0.1) is 6.54 Å². The van der Waals surface area contributed by atoms with Crippen molar-refractivity contribution in [1.82, 2.24) is 0 Å². The molecule has 0 saturated heterocycles. The van der Waals surface area contributed by atoms with Crippen LogP contribution in [0.4, 0.5) is 0 Å². The van der Waals surface area contributed by atoms with Gasteiger partial charge < -0.3 is 5.73 Å². The fourth-order valence-corrected chi connectivity index (χ4v) is 0.381. The minimum absolute atomic E-state index is 0.00926. The predicted molar refractivity (Wildman–Crippen MR) is 33.5 cm³/mol. The topological polar surface area (TPSA) is 43.1 Å². The molecule has 0 spiro atoms. The summed E-state index contributed by atoms with van der Waals surface area (Å²) < 4.78 is 0. The predicted octanol–water partition coefficient (Wildman–Crippen LogP) is 0.480. The highest BCUT2D eigenvalue weighted by Crippen LogP contribution is 1.86. The van der Waals surface area contributed by atoms with Crippen LogP contribution in [0.15, 0.2) is 11.6 Å². The molecule has 2 N–H and O–H groups in total. The highest BCUT2D eigenvalue weighted by molar-refractivity contribution is 5.91. The van der Waals surface area contributed by atoms with Gasteiger partial charge in [0.25, 0.3) is 0 Å². The zero-order valence-corrected chi connectivity index (χ0v) is 5.27. The summed E-state index contributed by atoms with van der Waals surface area (Å²) >= 11 is 0. The molecular formula is C6H11NO. The second kappa shape index (κ2) is 3.38. The number of carbonyl (C=O) groups excluding carboxylic acids is 1. The van der Waals surface area contributed by atoms with Crippen LogP contribution in [-0.4, -0.2) is 12.3 Å². The first-order valence-electron chi connectivity index (χ1n) is 2.54. The molecule has 0 aromatic carbocycles. The van der Waals surface area contributed by atoms with Crippen molar-refractivity contribution in [3.63, 3.8) is 0 Å². The standard InChI is InChI=1S/C6H11NO/c1-5(2)3-6(8)4-7/h3H,4,7H2,1-2H3. The van der Waals surface area contributed by atoms with E-state index >= 15 is 0 Å². The highest BCUT2D eigenvalue weighted by atomic mass is 16.1. The molecule has 46 valence electrons. The van der Waals surface area contributed by atoms with E-state index in [-0.39, 0.29) is 12.3 Å². The molecule has 0 fully saturated rings. The van der Waals surface area contributed by atoms with Crippen molar-refractivity contribution in [2.75, 3.05) is 6.54 Å². The minimum atomic E-state index is -0.00926. The van der Waals surface area contributed by atoms with Gasteiger partial charge in [0.1, 0.15) is 0 Å². The number of nitrogens with two attached hydrogens (primary N) is 1. The Hall–Kier alpha value is -0.630. The summed E-state index contributed by atoms with van der Waals surface area (Å²) in [4.78, 5) is 10.4. The van der Waals surface area contributed by atoms with E-state index in [1.807, 2.05) is 13.8 Å². The van der Waals surface area contributed by atoms with Gasteiger partial charge in [-0.05, 0) is 19.9 Å². The fraction of sp³-hybridized carbons (Fsp3) is 0.500. The normalized spacial score (nSPS) is 8.38. The zero-order chi connectivity index (χ0) is 6.57. The van der Waals surface area contributed by atoms with Gasteiger partial charge in [-0.25, -0.2) is 0 Å². The maximum atomic E-state index is 10.4. The largest absolute Gasteiger partial charge is 0.324 e. The van der Waals surface area contributed by atoms with E-state index in [9.17, 15) is 4.79 Å². The first-order valence-corrected chi connectivity index (χ1v) is 2.54. The third kappa shape index (κ3) is 3.56. The summed E-state index contributed by atoms with van der Waals surface area (Å²) in [6, 6.07) is 0. The Kier molecular flexibility index (Phi) is 3.12. The Balaban J connectivity index is 3.70. The Labute approximate surface area is 49.4 Å². The van der Waals surface area contributed by atoms with E-state index in [2.05, 4.69) is 0 Å². The average molecular weight is 113 g/mol. The Morgan fingerprint density at radius 2 is 2.12 bits per heavy atom. The smallest absolute Gasteiger partial charge is 0.169 e. The number of rotatable bonds is 2. The van der Waals surface area contributed by atoms with Crippen LogP contribution in [0.3, 0.4) is 0 Å². The maximum absolute atomic E-state index is 10.4. The van der Waals surface area contributed by atoms with Crippen LogP contribution in [0.1, 0.15) is 13.8 Å². The number of carbonyl (C=O) groups is 1. The van der Waals surface area contributed by atoms with Crippen LogP contribution in [0, 0.1) is 0 Å². The van der Waals surface area contributed by atoms with Crippen molar-refractivity contribution in [2.45, 2.75) is 13.8 Å². The van der Waals surface area contributed by atoms with Gasteiger partial charge in [0.15, 0.2) is 5.78 Å². The van der Waals surface area contributed by atoms with Crippen molar-refractivity contribution in [1.29, 1.82) is 0 Å². The van der Waals surface area contributed by atoms with Gasteiger partial charge in [-0.3, -0.25) is 4.79 Å². The molecule has 0 aromatic rings. The molecule has 0 aromatic heterocycles. The first kappa shape index (κ1) is 7.37. The average Bonchev–Trinajstić information content (AvgIpc) is 1.65. The van der Waals surface area contributed by atoms with Crippen molar-refractivity contribution in [3.05, 3.63) is 11.6 Å². The van der Waals surface area contributed by atoms with Gasteiger partial charge in [-0.1, -0.05) is 5.57 Å². The molecule has 0 aliphatic heterocycles. The van der Waals surface area contributed by atoms with Gasteiger partial charge in [0, 0.05) is 0 Å². The molecule has 0 bridgehead atoms. The molecule has 0 aliphatic rings. The van der Waals surface area contributed by atoms with Crippen molar-refractivity contribution >= 4 is 5.78 Å². The third-order valence-electron chi connectivity index (χ3n) is 0.651. The summed E-state index contributed by atoms with van der Waals surface area (Å²) in [5.74, 6) is -0.00926. The van der Waals surface area contributed by atoms with Crippen molar-refractivity contribution in [3.8, 4) is 0 Å². The van der Waals surface area contributed by atoms with E-state index in [0.29, 0.717) is 0 Å². The molecule has 0 saturated carbocycles. The SMILES string of the molecule is CC(C)=CC(=O)CN. The van der Waals surface area contributed by atoms with Crippen molar-refractivity contribution in [2.24, 2.45) is 5.73 Å². The lowest BCUT2D eigenvalue weighted by atomic mass is 10.2. The van der Waals surface area contributed by atoms with E-state index in [0.717, 1.165) is 5.57 Å². The van der Waals surface area contributed by atoms with E-state index in [1.165, 1.54) is 0 Å². The Morgan fingerprint density at radius 3 is 2.25 bits per heavy atom. The lowest BCUT2D eigenvalue weighted by molar-refractivity contribution is -0.113. The second-order valence-corrected chi connectivity index (χ2v) is 1.89. The molecule has 0 heterocycles. The van der Waals surface area contributed by atoms with Gasteiger partial charge >= 0.3 is 0 Å². The fourth-order valence-electron chi connectivity index (χ4n) is 0.381. The molecule has 0 atom stereocenters. The maximum Gasteiger partial charge on any atom is 0.169 e. The number of allylic oxidation sites excluding steroid dienone is 1. The molecule has 2 heteroatoms. The van der Waals surface area contributed by atoms with Crippen LogP contribution >= 0.6 is 0 Å². The van der Waals surface area contributed by atoms with Gasteiger partial charge in [0.2, 0.25) is 0 Å². The number of hydrogen-bond acceptors (Lipinski definition) is 2. The Bertz CT molecular complexity index is 112. The highest BCUT2D eigenvalue weighted by Gasteiger charge is 1.88. The van der Waals surface area contributed by atoms with Crippen LogP contribution in [0.5, 0.6) is 0 Å². The summed E-state index contributed by atoms with van der Waals surface area (Å²) in [6.07, 6.45) is 1.54. The lowest BCUT2D eigenvalue weighted by Gasteiger charge is -1.85. The summed E-state index contributed by atoms with van der Waals surface area (Å²) in [5.41, 5.74) is 6.03. The van der Waals surface area contributed by atoms with Gasteiger partial charge in [-0.2, -0.15) is 0 Å². The number of hydrogen-bond donors (Lipinski definition) is 1. The van der Waals surface area contributed by atoms with E-state index in [1.54, 1.807) is 6.08 Å². The molecule has 8 heavy (non-hydrogen) atoms. The summed E-state index contributed by atoms with van der Waals surface area (Å²) in [6.45, 7) is 3.85. The van der Waals surface area contributed by atoms with E-state index in [4.69, 9.17) is 5.73 Å². The summed E-state index contributed by atoms with van der Waals surface area (Å²) in [7, 11) is 0. The number of ketones is 1. The first-order chi connectivity index (χ1) is 3.66. The lowest BCUT2D eigenvalue weighted by Crippen LogP contribution is -2.10. The van der Waals surface area contributed by atoms with Crippen LogP contribution < -0.4 is 5.73 Å². The minimum Gasteiger partial charge on any atom is -0.324 e. The molecule has 0 radical (unpaired) electrons. The second-order valence-electron chi connectivity index (χ2n) is 1.89. The summed E-state index contributed by atoms with van der Waals surface area (Å²) in [5, 5.41) is 0. The third-order valence-corrected chi connectivity index (χ3v) is 0.651. The van der Waals surface area contributed by atoms with Crippen molar-refractivity contribution < 1.29 is 4.79 Å². The van der Waals surface area contributed by atoms with E-state index < -0.39 is 0 Å². The quantitative estimate of drug-likeness (QED) is 0.529. The monoisotopic (exact) mass is 113 g/mol. The zero-order valence-electron chi connectivity index (χ0n) is 5.27. The molecule has 0 aliphatic carbocycles. The molecule has 0 rings (SSSR count). The molecule has 0 unspecified atom stereocenters. The van der Waals surface area contributed by atoms with Gasteiger partial charge in [-0.15, -0.1) is 0 Å². The molecule has 0 amide bonds. The molecule has 2 nitrogen and oxygen atoms in total. The van der Waals surface area contributed by atoms with Crippen LogP contribution in [0.2, 0.25) is 0 Å². The van der Waals surface area contributed by atoms with Crippen LogP contribution in [0.25, 0.3) is 0 Å². The molecular weight excluding hydrogens is 102 g/mol.